The van der Waals surface area contributed by atoms with Crippen LogP contribution in [0.1, 0.15) is 38.2 Å². The molecule has 0 radical (unpaired) electrons. The second-order valence-electron chi connectivity index (χ2n) is 4.56. The lowest BCUT2D eigenvalue weighted by Gasteiger charge is -2.17. The predicted molar refractivity (Wildman–Crippen MR) is 77.9 cm³/mol. The van der Waals surface area contributed by atoms with E-state index in [1.165, 1.54) is 0 Å². The number of alkyl carbamates (subject to hydrolysis) is 1. The Labute approximate surface area is 115 Å². The van der Waals surface area contributed by atoms with Crippen LogP contribution in [-0.4, -0.2) is 12.1 Å². The molecule has 3 nitrogen and oxygen atoms in total. The number of hydrogen-bond acceptors (Lipinski definition) is 2. The summed E-state index contributed by atoms with van der Waals surface area (Å²) in [4.78, 5) is 11.7. The molecule has 3 heteroatoms. The van der Waals surface area contributed by atoms with Crippen LogP contribution in [0, 0.1) is 0 Å². The minimum atomic E-state index is -0.341. The third-order valence-corrected chi connectivity index (χ3v) is 2.89. The number of nitrogens with one attached hydrogen (secondary N) is 1. The van der Waals surface area contributed by atoms with E-state index in [1.807, 2.05) is 36.4 Å². The van der Waals surface area contributed by atoms with Gasteiger partial charge in [-0.1, -0.05) is 49.8 Å². The average molecular weight is 261 g/mol. The Bertz CT molecular complexity index is 376. The Morgan fingerprint density at radius 1 is 1.37 bits per heavy atom. The first-order chi connectivity index (χ1) is 9.26. The lowest BCUT2D eigenvalue weighted by molar-refractivity contribution is 0.134. The fourth-order valence-electron chi connectivity index (χ4n) is 1.89. The van der Waals surface area contributed by atoms with E-state index in [4.69, 9.17) is 4.74 Å². The molecular weight excluding hydrogens is 238 g/mol. The number of allylic oxidation sites excluding steroid dienone is 1. The summed E-state index contributed by atoms with van der Waals surface area (Å²) in [6.45, 7) is 6.13. The molecule has 0 unspecified atom stereocenters. The minimum Gasteiger partial charge on any atom is -0.445 e. The Kier molecular flexibility index (Phi) is 7.40. The summed E-state index contributed by atoms with van der Waals surface area (Å²) >= 11 is 0. The van der Waals surface area contributed by atoms with Crippen molar-refractivity contribution in [2.24, 2.45) is 0 Å². The molecule has 19 heavy (non-hydrogen) atoms. The summed E-state index contributed by atoms with van der Waals surface area (Å²) in [5, 5.41) is 2.91. The molecule has 1 amide bonds. The predicted octanol–water partition coefficient (Wildman–Crippen LogP) is 4.05. The molecule has 104 valence electrons. The lowest BCUT2D eigenvalue weighted by atomic mass is 10.1. The van der Waals surface area contributed by atoms with Gasteiger partial charge in [0.1, 0.15) is 6.61 Å². The van der Waals surface area contributed by atoms with E-state index in [9.17, 15) is 4.79 Å². The van der Waals surface area contributed by atoms with E-state index in [0.717, 1.165) is 31.2 Å². The zero-order chi connectivity index (χ0) is 13.9. The molecule has 0 bridgehead atoms. The van der Waals surface area contributed by atoms with Gasteiger partial charge in [0, 0.05) is 6.04 Å². The number of carbonyl (C=O) groups is 1. The largest absolute Gasteiger partial charge is 0.445 e. The molecule has 0 aliphatic rings. The first-order valence-electron chi connectivity index (χ1n) is 6.84. The van der Waals surface area contributed by atoms with Gasteiger partial charge >= 0.3 is 6.09 Å². The van der Waals surface area contributed by atoms with Crippen LogP contribution >= 0.6 is 0 Å². The average Bonchev–Trinajstić information content (AvgIpc) is 2.44. The van der Waals surface area contributed by atoms with Crippen LogP contribution in [-0.2, 0) is 11.3 Å². The molecule has 0 heterocycles. The Morgan fingerprint density at radius 3 is 2.74 bits per heavy atom. The summed E-state index contributed by atoms with van der Waals surface area (Å²) in [5.74, 6) is 0. The first kappa shape index (κ1) is 15.3. The molecule has 0 spiro atoms. The van der Waals surface area contributed by atoms with Crippen molar-refractivity contribution in [2.75, 3.05) is 0 Å². The summed E-state index contributed by atoms with van der Waals surface area (Å²) < 4.78 is 5.21. The second-order valence-corrected chi connectivity index (χ2v) is 4.56. The van der Waals surface area contributed by atoms with Crippen LogP contribution in [0.25, 0.3) is 0 Å². The van der Waals surface area contributed by atoms with Crippen molar-refractivity contribution < 1.29 is 9.53 Å². The smallest absolute Gasteiger partial charge is 0.407 e. The summed E-state index contributed by atoms with van der Waals surface area (Å²) in [6, 6.07) is 9.85. The van der Waals surface area contributed by atoms with Gasteiger partial charge in [0.05, 0.1) is 0 Å². The summed E-state index contributed by atoms with van der Waals surface area (Å²) in [6.07, 6.45) is 5.36. The number of carbonyl (C=O) groups excluding carboxylic acids is 1. The maximum Gasteiger partial charge on any atom is 0.407 e. The fourth-order valence-corrected chi connectivity index (χ4v) is 1.89. The van der Waals surface area contributed by atoms with Crippen molar-refractivity contribution in [1.82, 2.24) is 5.32 Å². The number of ether oxygens (including phenoxy) is 1. The van der Waals surface area contributed by atoms with Crippen molar-refractivity contribution in [1.29, 1.82) is 0 Å². The molecule has 0 aromatic heterocycles. The zero-order valence-electron chi connectivity index (χ0n) is 11.6. The van der Waals surface area contributed by atoms with Gasteiger partial charge in [0.15, 0.2) is 0 Å². The third-order valence-electron chi connectivity index (χ3n) is 2.89. The lowest BCUT2D eigenvalue weighted by Crippen LogP contribution is -2.35. The normalized spacial score (nSPS) is 11.6. The molecule has 1 rings (SSSR count). The fraction of sp³-hybridized carbons (Fsp3) is 0.438. The van der Waals surface area contributed by atoms with Crippen molar-refractivity contribution in [3.8, 4) is 0 Å². The SMILES string of the molecule is C=CCC[C@H](CCC)NC(=O)OCc1ccccc1. The Balaban J connectivity index is 2.33. The molecule has 0 saturated carbocycles. The van der Waals surface area contributed by atoms with Crippen molar-refractivity contribution in [3.63, 3.8) is 0 Å². The third kappa shape index (κ3) is 6.65. The number of hydrogen-bond donors (Lipinski definition) is 1. The van der Waals surface area contributed by atoms with E-state index in [1.54, 1.807) is 0 Å². The van der Waals surface area contributed by atoms with Gasteiger partial charge in [0.2, 0.25) is 0 Å². The highest BCUT2D eigenvalue weighted by Gasteiger charge is 2.11. The zero-order valence-corrected chi connectivity index (χ0v) is 11.6. The molecule has 1 atom stereocenters. The highest BCUT2D eigenvalue weighted by molar-refractivity contribution is 5.67. The Morgan fingerprint density at radius 2 is 2.11 bits per heavy atom. The maximum absolute atomic E-state index is 11.7. The van der Waals surface area contributed by atoms with Crippen molar-refractivity contribution in [2.45, 2.75) is 45.3 Å². The molecule has 0 saturated heterocycles. The number of amides is 1. The second kappa shape index (κ2) is 9.20. The van der Waals surface area contributed by atoms with E-state index in [0.29, 0.717) is 6.61 Å². The highest BCUT2D eigenvalue weighted by atomic mass is 16.5. The van der Waals surface area contributed by atoms with Gasteiger partial charge in [-0.15, -0.1) is 6.58 Å². The van der Waals surface area contributed by atoms with Gasteiger partial charge in [-0.2, -0.15) is 0 Å². The molecule has 1 aromatic carbocycles. The van der Waals surface area contributed by atoms with Gasteiger partial charge in [-0.05, 0) is 24.8 Å². The van der Waals surface area contributed by atoms with Crippen LogP contribution in [0.2, 0.25) is 0 Å². The molecule has 1 aromatic rings. The monoisotopic (exact) mass is 261 g/mol. The van der Waals surface area contributed by atoms with Crippen molar-refractivity contribution >= 4 is 6.09 Å². The van der Waals surface area contributed by atoms with Gasteiger partial charge in [0.25, 0.3) is 0 Å². The van der Waals surface area contributed by atoms with Gasteiger partial charge in [-0.3, -0.25) is 0 Å². The Hall–Kier alpha value is -1.77. The molecule has 0 aliphatic heterocycles. The van der Waals surface area contributed by atoms with E-state index >= 15 is 0 Å². The maximum atomic E-state index is 11.7. The minimum absolute atomic E-state index is 0.172. The quantitative estimate of drug-likeness (QED) is 0.717. The van der Waals surface area contributed by atoms with Crippen LogP contribution in [0.3, 0.4) is 0 Å². The van der Waals surface area contributed by atoms with Crippen molar-refractivity contribution in [3.05, 3.63) is 48.6 Å². The van der Waals surface area contributed by atoms with Gasteiger partial charge in [-0.25, -0.2) is 4.79 Å². The van der Waals surface area contributed by atoms with Crippen LogP contribution in [0.15, 0.2) is 43.0 Å². The highest BCUT2D eigenvalue weighted by Crippen LogP contribution is 2.06. The molecular formula is C16H23NO2. The number of benzene rings is 1. The van der Waals surface area contributed by atoms with E-state index < -0.39 is 0 Å². The van der Waals surface area contributed by atoms with Crippen LogP contribution < -0.4 is 5.32 Å². The van der Waals surface area contributed by atoms with Gasteiger partial charge < -0.3 is 10.1 Å². The first-order valence-corrected chi connectivity index (χ1v) is 6.84. The van der Waals surface area contributed by atoms with Crippen LogP contribution in [0.5, 0.6) is 0 Å². The van der Waals surface area contributed by atoms with E-state index in [2.05, 4.69) is 18.8 Å². The molecule has 1 N–H and O–H groups in total. The standard InChI is InChI=1S/C16H23NO2/c1-3-5-12-15(9-4-2)17-16(18)19-13-14-10-7-6-8-11-14/h3,6-8,10-11,15H,1,4-5,9,12-13H2,2H3,(H,17,18)/t15-/m0/s1. The summed E-state index contributed by atoms with van der Waals surface area (Å²) in [7, 11) is 0. The molecule has 0 aliphatic carbocycles. The number of rotatable bonds is 8. The molecule has 0 fully saturated rings. The summed E-state index contributed by atoms with van der Waals surface area (Å²) in [5.41, 5.74) is 0.996. The van der Waals surface area contributed by atoms with Crippen LogP contribution in [0.4, 0.5) is 4.79 Å². The van der Waals surface area contributed by atoms with E-state index in [-0.39, 0.29) is 12.1 Å². The topological polar surface area (TPSA) is 38.3 Å².